The summed E-state index contributed by atoms with van der Waals surface area (Å²) in [6, 6.07) is 6.46. The van der Waals surface area contributed by atoms with Crippen LogP contribution in [0.25, 0.3) is 0 Å². The van der Waals surface area contributed by atoms with Crippen LogP contribution in [0, 0.1) is 5.82 Å². The molecule has 0 aromatic heterocycles. The molecule has 0 radical (unpaired) electrons. The van der Waals surface area contributed by atoms with Gasteiger partial charge in [0, 0.05) is 32.6 Å². The topological polar surface area (TPSA) is 134 Å². The van der Waals surface area contributed by atoms with Gasteiger partial charge in [-0.05, 0) is 55.0 Å². The van der Waals surface area contributed by atoms with Gasteiger partial charge in [0.2, 0.25) is 17.7 Å². The number of hydrogen-bond acceptors (Lipinski definition) is 6. The number of amides is 3. The summed E-state index contributed by atoms with van der Waals surface area (Å²) in [7, 11) is 1.39. The molecule has 42 heavy (non-hydrogen) atoms. The zero-order chi connectivity index (χ0) is 30.9. The molecule has 9 nitrogen and oxygen atoms in total. The SMILES string of the molecule is CN1C(=O)CCCCCOc2cc(F)cc(c2)CC(C(O)CNCc2cccc(C(F)(F)F)c2)NC(=O)C1CC(N)=O. The molecule has 3 unspecified atom stereocenters. The highest BCUT2D eigenvalue weighted by molar-refractivity contribution is 5.91. The number of carbonyl (C=O) groups excluding carboxylic acids is 3. The first-order chi connectivity index (χ1) is 19.8. The van der Waals surface area contributed by atoms with Crippen molar-refractivity contribution < 1.29 is 41.8 Å². The molecular weight excluding hydrogens is 560 g/mol. The van der Waals surface area contributed by atoms with Crippen LogP contribution in [0.3, 0.4) is 0 Å². The summed E-state index contributed by atoms with van der Waals surface area (Å²) in [6.45, 7) is 0.121. The highest BCUT2D eigenvalue weighted by Crippen LogP contribution is 2.29. The fraction of sp³-hybridized carbons (Fsp3) is 0.483. The number of ether oxygens (including phenoxy) is 1. The van der Waals surface area contributed by atoms with E-state index in [9.17, 15) is 37.1 Å². The van der Waals surface area contributed by atoms with E-state index in [2.05, 4.69) is 10.6 Å². The van der Waals surface area contributed by atoms with E-state index in [1.165, 1.54) is 31.3 Å². The monoisotopic (exact) mass is 596 g/mol. The second-order valence-electron chi connectivity index (χ2n) is 10.4. The van der Waals surface area contributed by atoms with Crippen molar-refractivity contribution in [3.8, 4) is 5.75 Å². The lowest BCUT2D eigenvalue weighted by atomic mass is 9.99. The van der Waals surface area contributed by atoms with Gasteiger partial charge in [-0.3, -0.25) is 14.4 Å². The van der Waals surface area contributed by atoms with Gasteiger partial charge in [0.15, 0.2) is 0 Å². The minimum Gasteiger partial charge on any atom is -0.493 e. The summed E-state index contributed by atoms with van der Waals surface area (Å²) in [5.74, 6) is -2.23. The van der Waals surface area contributed by atoms with Crippen molar-refractivity contribution in [3.05, 3.63) is 65.0 Å². The predicted molar refractivity (Wildman–Crippen MR) is 146 cm³/mol. The van der Waals surface area contributed by atoms with Gasteiger partial charge in [0.05, 0.1) is 30.7 Å². The summed E-state index contributed by atoms with van der Waals surface area (Å²) >= 11 is 0. The number of likely N-dealkylation sites (N-methyl/N-ethyl adjacent to an activating group) is 1. The number of rotatable bonds is 7. The van der Waals surface area contributed by atoms with Crippen molar-refractivity contribution in [2.75, 3.05) is 20.2 Å². The number of nitrogens with zero attached hydrogens (tertiary/aromatic N) is 1. The zero-order valence-electron chi connectivity index (χ0n) is 23.3. The smallest absolute Gasteiger partial charge is 0.416 e. The quantitative estimate of drug-likeness (QED) is 0.364. The van der Waals surface area contributed by atoms with Gasteiger partial charge in [-0.1, -0.05) is 18.2 Å². The number of hydrogen-bond donors (Lipinski definition) is 4. The van der Waals surface area contributed by atoms with Crippen molar-refractivity contribution in [1.29, 1.82) is 0 Å². The Balaban J connectivity index is 1.84. The van der Waals surface area contributed by atoms with Crippen molar-refractivity contribution >= 4 is 17.7 Å². The van der Waals surface area contributed by atoms with Crippen LogP contribution < -0.4 is 21.1 Å². The van der Waals surface area contributed by atoms with E-state index in [4.69, 9.17) is 10.5 Å². The third kappa shape index (κ3) is 9.98. The number of halogens is 4. The molecule has 0 fully saturated rings. The van der Waals surface area contributed by atoms with Gasteiger partial charge in [-0.2, -0.15) is 13.2 Å². The number of fused-ring (bicyclic) bond motifs is 2. The minimum absolute atomic E-state index is 0.0128. The third-order valence-electron chi connectivity index (χ3n) is 6.98. The van der Waals surface area contributed by atoms with Gasteiger partial charge in [0.1, 0.15) is 17.6 Å². The summed E-state index contributed by atoms with van der Waals surface area (Å²) < 4.78 is 59.3. The maximum Gasteiger partial charge on any atom is 0.416 e. The molecule has 3 amide bonds. The first-order valence-corrected chi connectivity index (χ1v) is 13.6. The van der Waals surface area contributed by atoms with Crippen molar-refractivity contribution in [2.45, 2.75) is 69.4 Å². The Morgan fingerprint density at radius 1 is 1.19 bits per heavy atom. The average Bonchev–Trinajstić information content (AvgIpc) is 2.91. The number of primary amides is 1. The van der Waals surface area contributed by atoms with Crippen LogP contribution in [0.2, 0.25) is 0 Å². The zero-order valence-corrected chi connectivity index (χ0v) is 23.3. The number of nitrogens with two attached hydrogens (primary N) is 1. The molecule has 230 valence electrons. The molecule has 1 aliphatic rings. The highest BCUT2D eigenvalue weighted by Gasteiger charge is 2.32. The molecule has 2 aromatic carbocycles. The van der Waals surface area contributed by atoms with Crippen LogP contribution in [0.4, 0.5) is 17.6 Å². The largest absolute Gasteiger partial charge is 0.493 e. The summed E-state index contributed by atoms with van der Waals surface area (Å²) in [6.07, 6.45) is -4.45. The Morgan fingerprint density at radius 3 is 2.67 bits per heavy atom. The predicted octanol–water partition coefficient (Wildman–Crippen LogP) is 2.68. The summed E-state index contributed by atoms with van der Waals surface area (Å²) in [5, 5.41) is 16.6. The van der Waals surface area contributed by atoms with Crippen LogP contribution in [0.15, 0.2) is 42.5 Å². The van der Waals surface area contributed by atoms with Crippen LogP contribution in [-0.2, 0) is 33.5 Å². The second-order valence-corrected chi connectivity index (χ2v) is 10.4. The lowest BCUT2D eigenvalue weighted by Crippen LogP contribution is -2.55. The van der Waals surface area contributed by atoms with E-state index >= 15 is 0 Å². The molecule has 0 saturated heterocycles. The van der Waals surface area contributed by atoms with Crippen molar-refractivity contribution in [2.24, 2.45) is 5.73 Å². The number of carbonyl (C=O) groups is 3. The van der Waals surface area contributed by atoms with E-state index in [1.54, 1.807) is 6.07 Å². The molecule has 0 aliphatic carbocycles. The third-order valence-corrected chi connectivity index (χ3v) is 6.98. The van der Waals surface area contributed by atoms with Gasteiger partial charge in [-0.25, -0.2) is 4.39 Å². The minimum atomic E-state index is -4.51. The molecule has 0 saturated carbocycles. The highest BCUT2D eigenvalue weighted by atomic mass is 19.4. The van der Waals surface area contributed by atoms with Crippen LogP contribution in [0.5, 0.6) is 5.75 Å². The van der Waals surface area contributed by atoms with E-state index < -0.39 is 54.0 Å². The van der Waals surface area contributed by atoms with Crippen molar-refractivity contribution in [1.82, 2.24) is 15.5 Å². The molecule has 1 heterocycles. The standard InChI is InChI=1S/C29H36F4N4O5/c1-37-24(15-26(34)39)28(41)36-23(25(38)17-35-16-18-6-5-7-20(10-18)29(31,32)33)13-19-11-21(30)14-22(12-19)42-9-4-2-3-8-27(37)40/h5-7,10-12,14,23-25,35,38H,2-4,8-9,13,15-17H2,1H3,(H2,34,39)(H,36,41). The summed E-state index contributed by atoms with van der Waals surface area (Å²) in [4.78, 5) is 39.1. The van der Waals surface area contributed by atoms with Crippen molar-refractivity contribution in [3.63, 3.8) is 0 Å². The molecule has 2 aromatic rings. The average molecular weight is 597 g/mol. The van der Waals surface area contributed by atoms with Crippen LogP contribution >= 0.6 is 0 Å². The van der Waals surface area contributed by atoms with Gasteiger partial charge >= 0.3 is 6.18 Å². The Labute approximate surface area is 241 Å². The Morgan fingerprint density at radius 2 is 1.95 bits per heavy atom. The Bertz CT molecular complexity index is 1240. The summed E-state index contributed by atoms with van der Waals surface area (Å²) in [5.41, 5.74) is 5.28. The van der Waals surface area contributed by atoms with Gasteiger partial charge in [0.25, 0.3) is 0 Å². The molecule has 1 aliphatic heterocycles. The molecule has 5 N–H and O–H groups in total. The fourth-order valence-corrected chi connectivity index (χ4v) is 4.69. The molecule has 3 atom stereocenters. The second kappa shape index (κ2) is 15.0. The Hall–Kier alpha value is -3.71. The van der Waals surface area contributed by atoms with E-state index in [1.807, 2.05) is 0 Å². The number of benzene rings is 2. The van der Waals surface area contributed by atoms with Crippen LogP contribution in [0.1, 0.15) is 48.8 Å². The number of aliphatic hydroxyl groups excluding tert-OH is 1. The number of alkyl halides is 3. The van der Waals surface area contributed by atoms with E-state index in [0.717, 1.165) is 17.0 Å². The number of aliphatic hydroxyl groups is 1. The molecular formula is C29H36F4N4O5. The van der Waals surface area contributed by atoms with Gasteiger partial charge < -0.3 is 31.1 Å². The molecule has 3 rings (SSSR count). The fourth-order valence-electron chi connectivity index (χ4n) is 4.69. The van der Waals surface area contributed by atoms with Crippen LogP contribution in [-0.4, -0.2) is 66.1 Å². The first kappa shape index (κ1) is 32.8. The lowest BCUT2D eigenvalue weighted by Gasteiger charge is -2.31. The maximum atomic E-state index is 14.4. The molecule has 13 heteroatoms. The normalized spacial score (nSPS) is 20.0. The molecule has 2 bridgehead atoms. The first-order valence-electron chi connectivity index (χ1n) is 13.6. The molecule has 0 spiro atoms. The van der Waals surface area contributed by atoms with E-state index in [0.29, 0.717) is 37.0 Å². The maximum absolute atomic E-state index is 14.4. The Kier molecular flexibility index (Phi) is 11.7. The van der Waals surface area contributed by atoms with Gasteiger partial charge in [-0.15, -0.1) is 0 Å². The van der Waals surface area contributed by atoms with E-state index in [-0.39, 0.29) is 37.6 Å². The number of nitrogens with one attached hydrogen (secondary N) is 2. The lowest BCUT2D eigenvalue weighted by molar-refractivity contribution is -0.141.